The Morgan fingerprint density at radius 1 is 1.12 bits per heavy atom. The highest BCUT2D eigenvalue weighted by molar-refractivity contribution is 7.10. The van der Waals surface area contributed by atoms with Crippen molar-refractivity contribution in [1.29, 1.82) is 0 Å². The standard InChI is InChI=1S/C18H16FN3O2S/c19-14-10-8-13(9-11-14)17-21-18(25-22-17)20-16(23)7-4-12-24-15-5-2-1-3-6-15/h1-3,5-6,8-11H,4,7,12H2,(H,20,21,22,23). The lowest BCUT2D eigenvalue weighted by atomic mass is 10.2. The second-order valence-corrected chi connectivity index (χ2v) is 6.00. The van der Waals surface area contributed by atoms with Crippen LogP contribution in [0.15, 0.2) is 54.6 Å². The summed E-state index contributed by atoms with van der Waals surface area (Å²) in [4.78, 5) is 16.2. The molecule has 25 heavy (non-hydrogen) atoms. The van der Waals surface area contributed by atoms with Crippen LogP contribution in [0.4, 0.5) is 9.52 Å². The van der Waals surface area contributed by atoms with E-state index in [1.54, 1.807) is 12.1 Å². The van der Waals surface area contributed by atoms with Gasteiger partial charge in [0.05, 0.1) is 6.61 Å². The number of amides is 1. The Morgan fingerprint density at radius 2 is 1.88 bits per heavy atom. The van der Waals surface area contributed by atoms with Crippen LogP contribution in [-0.4, -0.2) is 21.9 Å². The van der Waals surface area contributed by atoms with Gasteiger partial charge in [-0.05, 0) is 42.8 Å². The number of ether oxygens (including phenoxy) is 1. The van der Waals surface area contributed by atoms with E-state index in [1.165, 1.54) is 12.1 Å². The second-order valence-electron chi connectivity index (χ2n) is 5.24. The van der Waals surface area contributed by atoms with Crippen LogP contribution in [0.25, 0.3) is 11.4 Å². The lowest BCUT2D eigenvalue weighted by Crippen LogP contribution is -2.12. The zero-order valence-corrected chi connectivity index (χ0v) is 14.1. The Bertz CT molecular complexity index is 822. The maximum absolute atomic E-state index is 12.9. The van der Waals surface area contributed by atoms with Crippen molar-refractivity contribution in [2.24, 2.45) is 0 Å². The summed E-state index contributed by atoms with van der Waals surface area (Å²) in [5.74, 6) is 0.798. The average molecular weight is 357 g/mol. The minimum absolute atomic E-state index is 0.140. The molecule has 7 heteroatoms. The number of hydrogen-bond donors (Lipinski definition) is 1. The highest BCUT2D eigenvalue weighted by Crippen LogP contribution is 2.21. The molecule has 128 valence electrons. The largest absolute Gasteiger partial charge is 0.494 e. The number of nitrogens with zero attached hydrogens (tertiary/aromatic N) is 2. The average Bonchev–Trinajstić information content (AvgIpc) is 3.09. The van der Waals surface area contributed by atoms with Crippen molar-refractivity contribution in [3.8, 4) is 17.1 Å². The Labute approximate surface area is 148 Å². The SMILES string of the molecule is O=C(CCCOc1ccccc1)Nc1nc(-c2ccc(F)cc2)ns1. The number of para-hydroxylation sites is 1. The topological polar surface area (TPSA) is 64.1 Å². The number of carbonyl (C=O) groups is 1. The molecule has 0 aliphatic heterocycles. The highest BCUT2D eigenvalue weighted by Gasteiger charge is 2.09. The van der Waals surface area contributed by atoms with Gasteiger partial charge in [-0.3, -0.25) is 4.79 Å². The number of nitrogens with one attached hydrogen (secondary N) is 1. The van der Waals surface area contributed by atoms with Crippen LogP contribution in [-0.2, 0) is 4.79 Å². The molecule has 0 saturated carbocycles. The normalized spacial score (nSPS) is 10.4. The molecule has 0 aliphatic carbocycles. The molecular formula is C18H16FN3O2S. The third-order valence-corrected chi connectivity index (χ3v) is 3.97. The predicted molar refractivity (Wildman–Crippen MR) is 95.1 cm³/mol. The van der Waals surface area contributed by atoms with Crippen molar-refractivity contribution in [2.75, 3.05) is 11.9 Å². The zero-order chi connectivity index (χ0) is 17.5. The molecule has 1 amide bonds. The summed E-state index contributed by atoms with van der Waals surface area (Å²) in [6.45, 7) is 0.467. The molecule has 0 fully saturated rings. The first-order valence-corrected chi connectivity index (χ1v) is 8.55. The van der Waals surface area contributed by atoms with E-state index < -0.39 is 0 Å². The lowest BCUT2D eigenvalue weighted by Gasteiger charge is -2.05. The summed E-state index contributed by atoms with van der Waals surface area (Å²) in [5, 5.41) is 3.14. The molecule has 3 aromatic rings. The number of halogens is 1. The minimum Gasteiger partial charge on any atom is -0.494 e. The van der Waals surface area contributed by atoms with E-state index in [4.69, 9.17) is 4.74 Å². The third-order valence-electron chi connectivity index (χ3n) is 3.33. The molecule has 1 aromatic heterocycles. The summed E-state index contributed by atoms with van der Waals surface area (Å²) in [5.41, 5.74) is 0.703. The summed E-state index contributed by atoms with van der Waals surface area (Å²) < 4.78 is 22.6. The fourth-order valence-electron chi connectivity index (χ4n) is 2.11. The number of benzene rings is 2. The molecule has 0 atom stereocenters. The van der Waals surface area contributed by atoms with E-state index in [0.717, 1.165) is 17.3 Å². The minimum atomic E-state index is -0.315. The molecule has 5 nitrogen and oxygen atoms in total. The molecule has 0 saturated heterocycles. The van der Waals surface area contributed by atoms with Crippen LogP contribution in [0.2, 0.25) is 0 Å². The van der Waals surface area contributed by atoms with Gasteiger partial charge >= 0.3 is 0 Å². The first-order chi connectivity index (χ1) is 12.2. The van der Waals surface area contributed by atoms with Gasteiger partial charge in [0.1, 0.15) is 11.6 Å². The smallest absolute Gasteiger partial charge is 0.226 e. The number of anilines is 1. The van der Waals surface area contributed by atoms with Crippen molar-refractivity contribution < 1.29 is 13.9 Å². The molecule has 0 bridgehead atoms. The van der Waals surface area contributed by atoms with Gasteiger partial charge in [-0.1, -0.05) is 18.2 Å². The van der Waals surface area contributed by atoms with Gasteiger partial charge in [0.15, 0.2) is 5.82 Å². The van der Waals surface area contributed by atoms with E-state index in [-0.39, 0.29) is 11.7 Å². The van der Waals surface area contributed by atoms with Crippen LogP contribution >= 0.6 is 11.5 Å². The first kappa shape index (κ1) is 17.0. The van der Waals surface area contributed by atoms with Crippen LogP contribution in [0, 0.1) is 5.82 Å². The van der Waals surface area contributed by atoms with Crippen molar-refractivity contribution in [3.05, 3.63) is 60.4 Å². The molecule has 2 aromatic carbocycles. The molecule has 1 heterocycles. The second kappa shape index (κ2) is 8.34. The van der Waals surface area contributed by atoms with Crippen LogP contribution < -0.4 is 10.1 Å². The number of aromatic nitrogens is 2. The fraction of sp³-hybridized carbons (Fsp3) is 0.167. The number of rotatable bonds is 7. The summed E-state index contributed by atoms with van der Waals surface area (Å²) in [6.07, 6.45) is 0.933. The van der Waals surface area contributed by atoms with Crippen molar-refractivity contribution in [3.63, 3.8) is 0 Å². The van der Waals surface area contributed by atoms with Crippen molar-refractivity contribution >= 4 is 22.6 Å². The predicted octanol–water partition coefficient (Wildman–Crippen LogP) is 4.14. The summed E-state index contributed by atoms with van der Waals surface area (Å²) in [6, 6.07) is 15.4. The maximum Gasteiger partial charge on any atom is 0.226 e. The van der Waals surface area contributed by atoms with E-state index in [9.17, 15) is 9.18 Å². The first-order valence-electron chi connectivity index (χ1n) is 7.78. The third kappa shape index (κ3) is 5.09. The van der Waals surface area contributed by atoms with Gasteiger partial charge in [0.2, 0.25) is 11.0 Å². The van der Waals surface area contributed by atoms with Crippen LogP contribution in [0.1, 0.15) is 12.8 Å². The quantitative estimate of drug-likeness (QED) is 0.646. The number of hydrogen-bond acceptors (Lipinski definition) is 5. The van der Waals surface area contributed by atoms with E-state index in [1.807, 2.05) is 30.3 Å². The summed E-state index contributed by atoms with van der Waals surface area (Å²) in [7, 11) is 0. The van der Waals surface area contributed by atoms with Gasteiger partial charge in [0.25, 0.3) is 0 Å². The molecule has 0 spiro atoms. The van der Waals surface area contributed by atoms with Crippen LogP contribution in [0.5, 0.6) is 5.75 Å². The molecule has 0 aliphatic rings. The molecule has 1 N–H and O–H groups in total. The lowest BCUT2D eigenvalue weighted by molar-refractivity contribution is -0.116. The van der Waals surface area contributed by atoms with Gasteiger partial charge in [-0.25, -0.2) is 4.39 Å². The monoisotopic (exact) mass is 357 g/mol. The molecule has 0 radical (unpaired) electrons. The summed E-state index contributed by atoms with van der Waals surface area (Å²) >= 11 is 1.09. The van der Waals surface area contributed by atoms with E-state index in [0.29, 0.717) is 36.0 Å². The van der Waals surface area contributed by atoms with E-state index >= 15 is 0 Å². The highest BCUT2D eigenvalue weighted by atomic mass is 32.1. The molecule has 0 unspecified atom stereocenters. The Balaban J connectivity index is 1.44. The number of carbonyl (C=O) groups excluding carboxylic acids is 1. The van der Waals surface area contributed by atoms with Crippen molar-refractivity contribution in [1.82, 2.24) is 9.36 Å². The van der Waals surface area contributed by atoms with Gasteiger partial charge in [-0.15, -0.1) is 0 Å². The molecule has 3 rings (SSSR count). The van der Waals surface area contributed by atoms with E-state index in [2.05, 4.69) is 14.7 Å². The van der Waals surface area contributed by atoms with Gasteiger partial charge in [0, 0.05) is 23.5 Å². The Hall–Kier alpha value is -2.80. The zero-order valence-electron chi connectivity index (χ0n) is 13.3. The van der Waals surface area contributed by atoms with Gasteiger partial charge in [-0.2, -0.15) is 9.36 Å². The fourth-order valence-corrected chi connectivity index (χ4v) is 2.72. The van der Waals surface area contributed by atoms with Crippen LogP contribution in [0.3, 0.4) is 0 Å². The van der Waals surface area contributed by atoms with Crippen molar-refractivity contribution in [2.45, 2.75) is 12.8 Å². The Morgan fingerprint density at radius 3 is 2.64 bits per heavy atom. The van der Waals surface area contributed by atoms with Gasteiger partial charge < -0.3 is 10.1 Å². The molecular weight excluding hydrogens is 341 g/mol. The Kier molecular flexibility index (Phi) is 5.69. The maximum atomic E-state index is 12.9.